The minimum absolute atomic E-state index is 0.220. The van der Waals surface area contributed by atoms with Gasteiger partial charge in [0.25, 0.3) is 0 Å². The molecule has 0 saturated carbocycles. The second-order valence-corrected chi connectivity index (χ2v) is 3.26. The van der Waals surface area contributed by atoms with Gasteiger partial charge in [0.1, 0.15) is 0 Å². The van der Waals surface area contributed by atoms with Crippen LogP contribution in [0.15, 0.2) is 0 Å². The summed E-state index contributed by atoms with van der Waals surface area (Å²) < 4.78 is 0. The van der Waals surface area contributed by atoms with Gasteiger partial charge in [0.05, 0.1) is 6.42 Å². The smallest absolute Gasteiger partial charge is 0.304 e. The van der Waals surface area contributed by atoms with Gasteiger partial charge >= 0.3 is 5.97 Å². The molecule has 0 fully saturated rings. The van der Waals surface area contributed by atoms with Gasteiger partial charge < -0.3 is 10.0 Å². The van der Waals surface area contributed by atoms with E-state index in [-0.39, 0.29) is 12.5 Å². The van der Waals surface area contributed by atoms with Gasteiger partial charge in [0.2, 0.25) is 0 Å². The van der Waals surface area contributed by atoms with E-state index in [4.69, 9.17) is 5.11 Å². The Morgan fingerprint density at radius 1 is 1.31 bits per heavy atom. The Balaban J connectivity index is 4.11. The Hall–Kier alpha value is -0.570. The molecule has 0 saturated heterocycles. The third-order valence-corrected chi connectivity index (χ3v) is 2.36. The van der Waals surface area contributed by atoms with Crippen LogP contribution in [-0.4, -0.2) is 35.1 Å². The number of carboxylic acid groups (broad SMARTS) is 1. The first kappa shape index (κ1) is 12.4. The summed E-state index contributed by atoms with van der Waals surface area (Å²) >= 11 is 0. The highest BCUT2D eigenvalue weighted by atomic mass is 16.4. The molecule has 78 valence electrons. The number of nitrogens with zero attached hydrogens (tertiary/aromatic N) is 1. The zero-order valence-electron chi connectivity index (χ0n) is 8.92. The molecule has 0 radical (unpaired) electrons. The molecule has 0 rings (SSSR count). The van der Waals surface area contributed by atoms with Gasteiger partial charge in [-0.25, -0.2) is 0 Å². The first-order chi connectivity index (χ1) is 6.15. The summed E-state index contributed by atoms with van der Waals surface area (Å²) in [5, 5.41) is 8.72. The molecule has 3 nitrogen and oxygen atoms in total. The minimum Gasteiger partial charge on any atom is -0.481 e. The lowest BCUT2D eigenvalue weighted by atomic mass is 10.1. The maximum Gasteiger partial charge on any atom is 0.304 e. The van der Waals surface area contributed by atoms with Crippen LogP contribution in [0.25, 0.3) is 0 Å². The van der Waals surface area contributed by atoms with Crippen LogP contribution < -0.4 is 0 Å². The number of hydrogen-bond donors (Lipinski definition) is 1. The molecule has 1 unspecified atom stereocenters. The van der Waals surface area contributed by atoms with Crippen molar-refractivity contribution < 1.29 is 9.90 Å². The molecule has 0 heterocycles. The lowest BCUT2D eigenvalue weighted by molar-refractivity contribution is -0.138. The van der Waals surface area contributed by atoms with Gasteiger partial charge in [-0.1, -0.05) is 27.2 Å². The molecule has 0 aromatic carbocycles. The van der Waals surface area contributed by atoms with E-state index < -0.39 is 5.97 Å². The van der Waals surface area contributed by atoms with Crippen molar-refractivity contribution in [1.29, 1.82) is 0 Å². The summed E-state index contributed by atoms with van der Waals surface area (Å²) in [5.74, 6) is -0.689. The molecular formula is C10H21NO2. The fourth-order valence-corrected chi connectivity index (χ4v) is 1.69. The quantitative estimate of drug-likeness (QED) is 0.662. The topological polar surface area (TPSA) is 40.5 Å². The number of carboxylic acids is 1. The van der Waals surface area contributed by atoms with Crippen LogP contribution in [0, 0.1) is 0 Å². The molecule has 0 aromatic heterocycles. The highest BCUT2D eigenvalue weighted by molar-refractivity contribution is 5.67. The van der Waals surface area contributed by atoms with Gasteiger partial charge in [0.15, 0.2) is 0 Å². The Kier molecular flexibility index (Phi) is 6.59. The molecule has 0 aliphatic heterocycles. The lowest BCUT2D eigenvalue weighted by Crippen LogP contribution is -2.36. The van der Waals surface area contributed by atoms with Gasteiger partial charge in [-0.15, -0.1) is 0 Å². The van der Waals surface area contributed by atoms with Crippen molar-refractivity contribution in [1.82, 2.24) is 4.90 Å². The molecule has 13 heavy (non-hydrogen) atoms. The van der Waals surface area contributed by atoms with E-state index in [0.29, 0.717) is 0 Å². The largest absolute Gasteiger partial charge is 0.481 e. The Labute approximate surface area is 80.7 Å². The summed E-state index contributed by atoms with van der Waals surface area (Å²) in [5.41, 5.74) is 0. The fraction of sp³-hybridized carbons (Fsp3) is 0.900. The van der Waals surface area contributed by atoms with Crippen LogP contribution in [0.1, 0.15) is 40.0 Å². The van der Waals surface area contributed by atoms with E-state index >= 15 is 0 Å². The number of aliphatic carboxylic acids is 1. The molecular weight excluding hydrogens is 166 g/mol. The summed E-state index contributed by atoms with van der Waals surface area (Å²) in [6.45, 7) is 8.13. The maximum atomic E-state index is 10.6. The van der Waals surface area contributed by atoms with E-state index in [2.05, 4.69) is 25.7 Å². The maximum absolute atomic E-state index is 10.6. The highest BCUT2D eigenvalue weighted by Crippen LogP contribution is 2.10. The van der Waals surface area contributed by atoms with Crippen LogP contribution in [0.5, 0.6) is 0 Å². The predicted molar refractivity (Wildman–Crippen MR) is 53.9 cm³/mol. The third kappa shape index (κ3) is 4.88. The molecule has 0 aliphatic rings. The van der Waals surface area contributed by atoms with Crippen molar-refractivity contribution in [3.63, 3.8) is 0 Å². The van der Waals surface area contributed by atoms with E-state index in [1.165, 1.54) is 0 Å². The SMILES string of the molecule is CCCC(CC(=O)O)N(CC)CC. The zero-order valence-corrected chi connectivity index (χ0v) is 8.92. The molecule has 1 N–H and O–H groups in total. The van der Waals surface area contributed by atoms with Crippen LogP contribution in [0.3, 0.4) is 0 Å². The standard InChI is InChI=1S/C10H21NO2/c1-4-7-9(8-10(12)13)11(5-2)6-3/h9H,4-8H2,1-3H3,(H,12,13). The lowest BCUT2D eigenvalue weighted by Gasteiger charge is -2.28. The van der Waals surface area contributed by atoms with Crippen molar-refractivity contribution in [2.24, 2.45) is 0 Å². The molecule has 0 aromatic rings. The number of hydrogen-bond acceptors (Lipinski definition) is 2. The summed E-state index contributed by atoms with van der Waals surface area (Å²) in [7, 11) is 0. The first-order valence-corrected chi connectivity index (χ1v) is 5.11. The average Bonchev–Trinajstić information content (AvgIpc) is 2.05. The Morgan fingerprint density at radius 2 is 1.85 bits per heavy atom. The second kappa shape index (κ2) is 6.89. The number of rotatable bonds is 7. The monoisotopic (exact) mass is 187 g/mol. The summed E-state index contributed by atoms with van der Waals surface area (Å²) in [4.78, 5) is 12.8. The van der Waals surface area contributed by atoms with Gasteiger partial charge in [-0.2, -0.15) is 0 Å². The Bertz CT molecular complexity index is 144. The fourth-order valence-electron chi connectivity index (χ4n) is 1.69. The Morgan fingerprint density at radius 3 is 2.15 bits per heavy atom. The summed E-state index contributed by atoms with van der Waals surface area (Å²) in [6, 6.07) is 0.220. The minimum atomic E-state index is -0.689. The van der Waals surface area contributed by atoms with Gasteiger partial charge in [-0.05, 0) is 19.5 Å². The molecule has 0 aliphatic carbocycles. The van der Waals surface area contributed by atoms with E-state index in [1.807, 2.05) is 0 Å². The van der Waals surface area contributed by atoms with E-state index in [1.54, 1.807) is 0 Å². The molecule has 0 amide bonds. The molecule has 0 bridgehead atoms. The van der Waals surface area contributed by atoms with Crippen molar-refractivity contribution >= 4 is 5.97 Å². The molecule has 3 heteroatoms. The van der Waals surface area contributed by atoms with Crippen LogP contribution in [-0.2, 0) is 4.79 Å². The molecule has 1 atom stereocenters. The van der Waals surface area contributed by atoms with Crippen LogP contribution >= 0.6 is 0 Å². The van der Waals surface area contributed by atoms with Crippen LogP contribution in [0.2, 0.25) is 0 Å². The third-order valence-electron chi connectivity index (χ3n) is 2.36. The van der Waals surface area contributed by atoms with Crippen LogP contribution in [0.4, 0.5) is 0 Å². The van der Waals surface area contributed by atoms with E-state index in [0.717, 1.165) is 25.9 Å². The normalized spacial score (nSPS) is 13.2. The molecule has 0 spiro atoms. The van der Waals surface area contributed by atoms with Crippen molar-refractivity contribution in [3.8, 4) is 0 Å². The van der Waals surface area contributed by atoms with Crippen molar-refractivity contribution in [2.45, 2.75) is 46.1 Å². The van der Waals surface area contributed by atoms with Gasteiger partial charge in [-0.3, -0.25) is 4.79 Å². The van der Waals surface area contributed by atoms with E-state index in [9.17, 15) is 4.79 Å². The average molecular weight is 187 g/mol. The second-order valence-electron chi connectivity index (χ2n) is 3.26. The number of carbonyl (C=O) groups is 1. The highest BCUT2D eigenvalue weighted by Gasteiger charge is 2.17. The predicted octanol–water partition coefficient (Wildman–Crippen LogP) is 1.97. The first-order valence-electron chi connectivity index (χ1n) is 5.11. The van der Waals surface area contributed by atoms with Crippen molar-refractivity contribution in [3.05, 3.63) is 0 Å². The van der Waals surface area contributed by atoms with Gasteiger partial charge in [0, 0.05) is 6.04 Å². The zero-order chi connectivity index (χ0) is 10.3. The summed E-state index contributed by atoms with van der Waals surface area (Å²) in [6.07, 6.45) is 2.30. The van der Waals surface area contributed by atoms with Crippen molar-refractivity contribution in [2.75, 3.05) is 13.1 Å².